The molecule has 0 aliphatic rings. The molecule has 0 saturated carbocycles. The number of hydrogen-bond acceptors (Lipinski definition) is 3. The van der Waals surface area contributed by atoms with E-state index in [1.54, 1.807) is 23.0 Å². The van der Waals surface area contributed by atoms with Crippen molar-refractivity contribution < 1.29 is 4.79 Å². The molecule has 0 fully saturated rings. The molecule has 0 radical (unpaired) electrons. The second-order valence-corrected chi connectivity index (χ2v) is 7.45. The average Bonchev–Trinajstić information content (AvgIpc) is 3.15. The van der Waals surface area contributed by atoms with Gasteiger partial charge in [-0.2, -0.15) is 10.2 Å². The van der Waals surface area contributed by atoms with E-state index in [9.17, 15) is 4.79 Å². The normalized spacial score (nSPS) is 12.2. The van der Waals surface area contributed by atoms with Crippen LogP contribution in [0.25, 0.3) is 0 Å². The lowest BCUT2D eigenvalue weighted by Gasteiger charge is -2.13. The Morgan fingerprint density at radius 1 is 1.26 bits per heavy atom. The van der Waals surface area contributed by atoms with Gasteiger partial charge in [-0.25, -0.2) is 0 Å². The molecule has 8 heteroatoms. The summed E-state index contributed by atoms with van der Waals surface area (Å²) in [5.41, 5.74) is 4.23. The van der Waals surface area contributed by atoms with Crippen molar-refractivity contribution in [3.05, 3.63) is 63.2 Å². The van der Waals surface area contributed by atoms with Gasteiger partial charge in [0.1, 0.15) is 6.04 Å². The monoisotopic (exact) mass is 405 g/mol. The second kappa shape index (κ2) is 7.74. The lowest BCUT2D eigenvalue weighted by molar-refractivity contribution is -0.119. The van der Waals surface area contributed by atoms with Crippen molar-refractivity contribution in [2.45, 2.75) is 40.3 Å². The van der Waals surface area contributed by atoms with Crippen LogP contribution in [-0.2, 0) is 11.3 Å². The van der Waals surface area contributed by atoms with Crippen LogP contribution in [0.15, 0.2) is 30.6 Å². The van der Waals surface area contributed by atoms with Crippen LogP contribution in [0.2, 0.25) is 10.0 Å². The van der Waals surface area contributed by atoms with Crippen LogP contribution in [0.4, 0.5) is 5.69 Å². The molecule has 27 heavy (non-hydrogen) atoms. The summed E-state index contributed by atoms with van der Waals surface area (Å²) in [6, 6.07) is 4.96. The van der Waals surface area contributed by atoms with Crippen molar-refractivity contribution in [2.75, 3.05) is 5.32 Å². The van der Waals surface area contributed by atoms with E-state index in [0.29, 0.717) is 22.3 Å². The Morgan fingerprint density at radius 3 is 2.63 bits per heavy atom. The summed E-state index contributed by atoms with van der Waals surface area (Å²) in [5.74, 6) is -0.145. The molecule has 3 aromatic rings. The van der Waals surface area contributed by atoms with Crippen LogP contribution in [0, 0.1) is 20.8 Å². The topological polar surface area (TPSA) is 64.7 Å². The first-order valence-corrected chi connectivity index (χ1v) is 9.31. The minimum atomic E-state index is -0.424. The molecule has 1 atom stereocenters. The van der Waals surface area contributed by atoms with Crippen molar-refractivity contribution in [1.82, 2.24) is 19.6 Å². The van der Waals surface area contributed by atoms with Crippen LogP contribution >= 0.6 is 23.2 Å². The summed E-state index contributed by atoms with van der Waals surface area (Å²) < 4.78 is 3.47. The first-order valence-electron chi connectivity index (χ1n) is 8.56. The molecule has 2 aromatic heterocycles. The Labute approximate surface area is 168 Å². The lowest BCUT2D eigenvalue weighted by atomic mass is 10.2. The number of hydrogen-bond donors (Lipinski definition) is 1. The highest BCUT2D eigenvalue weighted by Gasteiger charge is 2.20. The number of benzene rings is 1. The SMILES string of the molecule is Cc1cnn(C(C)C(=O)Nc2c(C)nn(Cc3ccc(Cl)cc3Cl)c2C)c1. The Kier molecular flexibility index (Phi) is 5.58. The first kappa shape index (κ1) is 19.5. The minimum absolute atomic E-state index is 0.145. The number of nitrogens with one attached hydrogen (secondary N) is 1. The maximum absolute atomic E-state index is 12.6. The summed E-state index contributed by atoms with van der Waals surface area (Å²) in [4.78, 5) is 12.6. The molecule has 142 valence electrons. The second-order valence-electron chi connectivity index (χ2n) is 6.60. The first-order chi connectivity index (χ1) is 12.8. The van der Waals surface area contributed by atoms with Crippen LogP contribution in [0.5, 0.6) is 0 Å². The van der Waals surface area contributed by atoms with Gasteiger partial charge in [-0.05, 0) is 51.0 Å². The van der Waals surface area contributed by atoms with E-state index in [1.807, 2.05) is 44.6 Å². The van der Waals surface area contributed by atoms with E-state index in [-0.39, 0.29) is 5.91 Å². The van der Waals surface area contributed by atoms with E-state index in [0.717, 1.165) is 22.5 Å². The summed E-state index contributed by atoms with van der Waals surface area (Å²) >= 11 is 12.2. The minimum Gasteiger partial charge on any atom is -0.321 e. The van der Waals surface area contributed by atoms with Crippen molar-refractivity contribution >= 4 is 34.8 Å². The number of nitrogens with zero attached hydrogens (tertiary/aromatic N) is 4. The van der Waals surface area contributed by atoms with E-state index in [4.69, 9.17) is 23.2 Å². The van der Waals surface area contributed by atoms with Gasteiger partial charge < -0.3 is 5.32 Å². The Bertz CT molecular complexity index is 992. The zero-order chi connectivity index (χ0) is 19.7. The van der Waals surface area contributed by atoms with Crippen molar-refractivity contribution in [3.8, 4) is 0 Å². The number of rotatable bonds is 5. The third-order valence-corrected chi connectivity index (χ3v) is 5.06. The van der Waals surface area contributed by atoms with Gasteiger partial charge in [0, 0.05) is 16.2 Å². The molecule has 0 aliphatic heterocycles. The van der Waals surface area contributed by atoms with Gasteiger partial charge in [0.05, 0.1) is 29.8 Å². The van der Waals surface area contributed by atoms with Gasteiger partial charge in [-0.1, -0.05) is 29.3 Å². The average molecular weight is 406 g/mol. The molecule has 1 aromatic carbocycles. The molecule has 0 spiro atoms. The fourth-order valence-corrected chi connectivity index (χ4v) is 3.30. The third kappa shape index (κ3) is 4.17. The van der Waals surface area contributed by atoms with Crippen LogP contribution in [0.1, 0.15) is 35.5 Å². The summed E-state index contributed by atoms with van der Waals surface area (Å²) in [7, 11) is 0. The Balaban J connectivity index is 1.80. The molecular weight excluding hydrogens is 385 g/mol. The predicted octanol–water partition coefficient (Wildman–Crippen LogP) is 4.56. The highest BCUT2D eigenvalue weighted by Crippen LogP contribution is 2.25. The number of halogens is 2. The molecule has 0 bridgehead atoms. The van der Waals surface area contributed by atoms with E-state index in [1.165, 1.54) is 0 Å². The van der Waals surface area contributed by atoms with Crippen molar-refractivity contribution in [3.63, 3.8) is 0 Å². The predicted molar refractivity (Wildman–Crippen MR) is 108 cm³/mol. The van der Waals surface area contributed by atoms with Gasteiger partial charge in [0.2, 0.25) is 5.91 Å². The lowest BCUT2D eigenvalue weighted by Crippen LogP contribution is -2.24. The highest BCUT2D eigenvalue weighted by molar-refractivity contribution is 6.35. The summed E-state index contributed by atoms with van der Waals surface area (Å²) in [6.45, 7) is 8.03. The number of aryl methyl sites for hydroxylation is 2. The smallest absolute Gasteiger partial charge is 0.249 e. The molecule has 1 N–H and O–H groups in total. The molecular formula is C19H21Cl2N5O. The van der Waals surface area contributed by atoms with E-state index < -0.39 is 6.04 Å². The molecule has 0 saturated heterocycles. The third-order valence-electron chi connectivity index (χ3n) is 4.47. The van der Waals surface area contributed by atoms with Crippen LogP contribution in [-0.4, -0.2) is 25.5 Å². The Morgan fingerprint density at radius 2 is 2.00 bits per heavy atom. The van der Waals surface area contributed by atoms with Crippen LogP contribution in [0.3, 0.4) is 0 Å². The zero-order valence-electron chi connectivity index (χ0n) is 15.6. The maximum Gasteiger partial charge on any atom is 0.249 e. The fraction of sp³-hybridized carbons (Fsp3) is 0.316. The van der Waals surface area contributed by atoms with Gasteiger partial charge >= 0.3 is 0 Å². The number of anilines is 1. The number of carbonyl (C=O) groups excluding carboxylic acids is 1. The molecule has 1 amide bonds. The molecule has 3 rings (SSSR count). The van der Waals surface area contributed by atoms with Crippen LogP contribution < -0.4 is 5.32 Å². The standard InChI is InChI=1S/C19H21Cl2N5O/c1-11-8-22-25(9-11)14(4)19(27)23-18-12(2)24-26(13(18)3)10-15-5-6-16(20)7-17(15)21/h5-9,14H,10H2,1-4H3,(H,23,27). The maximum atomic E-state index is 12.6. The number of amides is 1. The number of carbonyl (C=O) groups is 1. The zero-order valence-corrected chi connectivity index (χ0v) is 17.1. The quantitative estimate of drug-likeness (QED) is 0.676. The van der Waals surface area contributed by atoms with E-state index in [2.05, 4.69) is 15.5 Å². The molecule has 6 nitrogen and oxygen atoms in total. The summed E-state index contributed by atoms with van der Waals surface area (Å²) in [6.07, 6.45) is 3.57. The van der Waals surface area contributed by atoms with Gasteiger partial charge in [-0.15, -0.1) is 0 Å². The molecule has 0 aliphatic carbocycles. The number of aromatic nitrogens is 4. The van der Waals surface area contributed by atoms with Gasteiger partial charge in [-0.3, -0.25) is 14.2 Å². The highest BCUT2D eigenvalue weighted by atomic mass is 35.5. The van der Waals surface area contributed by atoms with Gasteiger partial charge in [0.15, 0.2) is 0 Å². The summed E-state index contributed by atoms with van der Waals surface area (Å²) in [5, 5.41) is 12.9. The molecule has 1 unspecified atom stereocenters. The van der Waals surface area contributed by atoms with E-state index >= 15 is 0 Å². The largest absolute Gasteiger partial charge is 0.321 e. The van der Waals surface area contributed by atoms with Crippen molar-refractivity contribution in [1.29, 1.82) is 0 Å². The molecule has 2 heterocycles. The van der Waals surface area contributed by atoms with Crippen molar-refractivity contribution in [2.24, 2.45) is 0 Å². The fourth-order valence-electron chi connectivity index (χ4n) is 2.84. The Hall–Kier alpha value is -2.31. The van der Waals surface area contributed by atoms with Gasteiger partial charge in [0.25, 0.3) is 0 Å².